The number of fused-ring (bicyclic) bond motifs is 1. The molecule has 0 spiro atoms. The number of rotatable bonds is 5. The molecule has 1 atom stereocenters. The second kappa shape index (κ2) is 8.31. The Labute approximate surface area is 181 Å². The molecule has 31 heavy (non-hydrogen) atoms. The van der Waals surface area contributed by atoms with Gasteiger partial charge in [0.05, 0.1) is 16.9 Å². The Bertz CT molecular complexity index is 1100. The van der Waals surface area contributed by atoms with Crippen LogP contribution in [0.4, 0.5) is 17.5 Å². The number of ether oxygens (including phenoxy) is 2. The van der Waals surface area contributed by atoms with Gasteiger partial charge in [0.2, 0.25) is 12.7 Å². The molecule has 0 bridgehead atoms. The topological polar surface area (TPSA) is 103 Å². The third-order valence-electron chi connectivity index (χ3n) is 5.94. The van der Waals surface area contributed by atoms with E-state index in [0.29, 0.717) is 12.6 Å². The zero-order chi connectivity index (χ0) is 21.2. The monoisotopic (exact) mass is 418 g/mol. The molecule has 1 saturated heterocycles. The van der Waals surface area contributed by atoms with E-state index in [4.69, 9.17) is 20.9 Å². The first-order chi connectivity index (χ1) is 15.2. The minimum Gasteiger partial charge on any atom is -0.462 e. The average Bonchev–Trinajstić information content (AvgIpc) is 3.32. The van der Waals surface area contributed by atoms with Crippen molar-refractivity contribution in [1.82, 2.24) is 14.9 Å². The van der Waals surface area contributed by atoms with Crippen molar-refractivity contribution in [3.05, 3.63) is 66.1 Å². The molecule has 3 heterocycles. The molecule has 4 N–H and O–H groups in total. The molecule has 1 fully saturated rings. The van der Waals surface area contributed by atoms with Crippen LogP contribution in [0.15, 0.2) is 60.6 Å². The van der Waals surface area contributed by atoms with Gasteiger partial charge in [0.1, 0.15) is 12.1 Å². The highest BCUT2D eigenvalue weighted by molar-refractivity contribution is 5.99. The number of hydrogen-bond acceptors (Lipinski definition) is 8. The molecule has 3 aromatic rings. The summed E-state index contributed by atoms with van der Waals surface area (Å²) in [5.74, 6) is 1.52. The van der Waals surface area contributed by atoms with Gasteiger partial charge in [0.25, 0.3) is 0 Å². The summed E-state index contributed by atoms with van der Waals surface area (Å²) in [5, 5.41) is 0.862. The Kier molecular flexibility index (Phi) is 5.21. The predicted molar refractivity (Wildman–Crippen MR) is 121 cm³/mol. The second-order valence-electron chi connectivity index (χ2n) is 7.82. The van der Waals surface area contributed by atoms with Crippen LogP contribution >= 0.6 is 0 Å². The maximum atomic E-state index is 6.20. The number of nitrogens with two attached hydrogens (primary N) is 2. The zero-order valence-electron chi connectivity index (χ0n) is 17.3. The van der Waals surface area contributed by atoms with Crippen LogP contribution in [0.5, 0.6) is 0 Å². The first-order valence-electron chi connectivity index (χ1n) is 10.5. The number of anilines is 3. The molecule has 2 aliphatic heterocycles. The maximum absolute atomic E-state index is 6.20. The number of nitrogens with zero attached hydrogens (tertiary/aromatic N) is 4. The van der Waals surface area contributed by atoms with Gasteiger partial charge in [0.15, 0.2) is 5.76 Å². The highest BCUT2D eigenvalue weighted by Gasteiger charge is 2.30. The standard InChI is InChI=1S/C23H26N6O2/c24-22-21-17(26-23(25)27-22)7-4-8-18(21)28-9-11-29(12-10-28)19(20-14-30-15-31-20)13-16-5-2-1-3-6-16/h1-8,14,19H,9-13,15H2,(H4,24,25,26,27). The molecule has 160 valence electrons. The normalized spacial score (nSPS) is 17.8. The fourth-order valence-corrected chi connectivity index (χ4v) is 4.42. The summed E-state index contributed by atoms with van der Waals surface area (Å²) in [7, 11) is 0. The van der Waals surface area contributed by atoms with Gasteiger partial charge < -0.3 is 25.8 Å². The SMILES string of the molecule is Nc1nc(N)c2c(N3CCN(C(Cc4ccccc4)C4=COCO4)CC3)cccc2n1. The van der Waals surface area contributed by atoms with Crippen LogP contribution in [-0.4, -0.2) is 53.9 Å². The first-order valence-corrected chi connectivity index (χ1v) is 10.5. The molecular formula is C23H26N6O2. The molecule has 8 heteroatoms. The molecule has 0 radical (unpaired) electrons. The van der Waals surface area contributed by atoms with E-state index in [-0.39, 0.29) is 12.0 Å². The number of hydrogen-bond donors (Lipinski definition) is 2. The minimum absolute atomic E-state index is 0.146. The largest absolute Gasteiger partial charge is 0.462 e. The number of aromatic nitrogens is 2. The maximum Gasteiger partial charge on any atom is 0.229 e. The molecule has 8 nitrogen and oxygen atoms in total. The summed E-state index contributed by atoms with van der Waals surface area (Å²) in [6, 6.07) is 16.6. The van der Waals surface area contributed by atoms with Gasteiger partial charge in [-0.2, -0.15) is 4.98 Å². The van der Waals surface area contributed by atoms with Crippen LogP contribution in [0.2, 0.25) is 0 Å². The van der Waals surface area contributed by atoms with Crippen molar-refractivity contribution in [3.63, 3.8) is 0 Å². The van der Waals surface area contributed by atoms with Gasteiger partial charge >= 0.3 is 0 Å². The molecule has 0 aliphatic carbocycles. The lowest BCUT2D eigenvalue weighted by atomic mass is 10.0. The molecular weight excluding hydrogens is 392 g/mol. The van der Waals surface area contributed by atoms with Gasteiger partial charge in [-0.1, -0.05) is 36.4 Å². The van der Waals surface area contributed by atoms with Gasteiger partial charge in [-0.05, 0) is 24.1 Å². The van der Waals surface area contributed by atoms with E-state index in [9.17, 15) is 0 Å². The molecule has 2 aromatic carbocycles. The van der Waals surface area contributed by atoms with Crippen molar-refractivity contribution in [2.45, 2.75) is 12.5 Å². The molecule has 1 unspecified atom stereocenters. The summed E-state index contributed by atoms with van der Waals surface area (Å²) < 4.78 is 11.1. The third-order valence-corrected chi connectivity index (χ3v) is 5.94. The average molecular weight is 419 g/mol. The van der Waals surface area contributed by atoms with Crippen molar-refractivity contribution >= 4 is 28.4 Å². The van der Waals surface area contributed by atoms with E-state index in [1.165, 1.54) is 5.56 Å². The minimum atomic E-state index is 0.146. The Morgan fingerprint density at radius 1 is 0.935 bits per heavy atom. The highest BCUT2D eigenvalue weighted by atomic mass is 16.7. The zero-order valence-corrected chi connectivity index (χ0v) is 17.3. The fraction of sp³-hybridized carbons (Fsp3) is 0.304. The van der Waals surface area contributed by atoms with Crippen LogP contribution in [0.3, 0.4) is 0 Å². The van der Waals surface area contributed by atoms with Crippen LogP contribution in [-0.2, 0) is 15.9 Å². The number of piperazine rings is 1. The molecule has 0 amide bonds. The molecule has 0 saturated carbocycles. The number of benzene rings is 2. The lowest BCUT2D eigenvalue weighted by Crippen LogP contribution is -2.51. The third kappa shape index (κ3) is 3.94. The molecule has 2 aliphatic rings. The lowest BCUT2D eigenvalue weighted by Gasteiger charge is -2.40. The van der Waals surface area contributed by atoms with Gasteiger partial charge in [0, 0.05) is 31.9 Å². The molecule has 5 rings (SSSR count). The predicted octanol–water partition coefficient (Wildman–Crippen LogP) is 2.37. The summed E-state index contributed by atoms with van der Waals surface area (Å²) in [5.41, 5.74) is 15.1. The van der Waals surface area contributed by atoms with Crippen molar-refractivity contribution in [1.29, 1.82) is 0 Å². The van der Waals surface area contributed by atoms with Crippen molar-refractivity contribution < 1.29 is 9.47 Å². The number of nitrogen functional groups attached to an aromatic ring is 2. The van der Waals surface area contributed by atoms with Crippen molar-refractivity contribution in [2.24, 2.45) is 0 Å². The molecule has 1 aromatic heterocycles. The lowest BCUT2D eigenvalue weighted by molar-refractivity contribution is 0.0580. The van der Waals surface area contributed by atoms with E-state index in [1.54, 1.807) is 6.26 Å². The van der Waals surface area contributed by atoms with Gasteiger partial charge in [-0.3, -0.25) is 4.90 Å². The summed E-state index contributed by atoms with van der Waals surface area (Å²) in [6.07, 6.45) is 2.64. The van der Waals surface area contributed by atoms with E-state index in [0.717, 1.165) is 54.9 Å². The Hall–Kier alpha value is -3.52. The highest BCUT2D eigenvalue weighted by Crippen LogP contribution is 2.31. The van der Waals surface area contributed by atoms with Crippen LogP contribution in [0.25, 0.3) is 10.9 Å². The van der Waals surface area contributed by atoms with Crippen molar-refractivity contribution in [2.75, 3.05) is 49.3 Å². The Morgan fingerprint density at radius 3 is 2.48 bits per heavy atom. The fourth-order valence-electron chi connectivity index (χ4n) is 4.42. The summed E-state index contributed by atoms with van der Waals surface area (Å²) in [4.78, 5) is 13.3. The van der Waals surface area contributed by atoms with E-state index in [1.807, 2.05) is 18.2 Å². The Morgan fingerprint density at radius 2 is 1.74 bits per heavy atom. The second-order valence-corrected chi connectivity index (χ2v) is 7.82. The van der Waals surface area contributed by atoms with Crippen LogP contribution in [0.1, 0.15) is 5.56 Å². The van der Waals surface area contributed by atoms with Crippen molar-refractivity contribution in [3.8, 4) is 0 Å². The van der Waals surface area contributed by atoms with Gasteiger partial charge in [-0.15, -0.1) is 0 Å². The van der Waals surface area contributed by atoms with Gasteiger partial charge in [-0.25, -0.2) is 4.98 Å². The van der Waals surface area contributed by atoms with Crippen LogP contribution < -0.4 is 16.4 Å². The van der Waals surface area contributed by atoms with Crippen LogP contribution in [0, 0.1) is 0 Å². The summed E-state index contributed by atoms with van der Waals surface area (Å²) in [6.45, 7) is 3.80. The van der Waals surface area contributed by atoms with E-state index >= 15 is 0 Å². The Balaban J connectivity index is 1.36. The smallest absolute Gasteiger partial charge is 0.229 e. The van der Waals surface area contributed by atoms with E-state index < -0.39 is 0 Å². The first kappa shape index (κ1) is 19.4. The summed E-state index contributed by atoms with van der Waals surface area (Å²) >= 11 is 0. The quantitative estimate of drug-likeness (QED) is 0.651. The van der Waals surface area contributed by atoms with E-state index in [2.05, 4.69) is 50.1 Å².